The zero-order valence-electron chi connectivity index (χ0n) is 13.2. The standard InChI is InChI=1S/C17H13F3N2O4/c18-17(19,20)26-12-7-5-11(6-8-12)21-15(23)9-10-22-13-3-1-2-4-14(13)25-16(22)24/h1-8H,9-10H2,(H,21,23). The first-order chi connectivity index (χ1) is 12.3. The summed E-state index contributed by atoms with van der Waals surface area (Å²) in [6.07, 6.45) is -4.78. The number of oxazole rings is 1. The molecule has 1 heterocycles. The van der Waals surface area contributed by atoms with Crippen molar-refractivity contribution in [3.8, 4) is 5.75 Å². The van der Waals surface area contributed by atoms with E-state index in [1.54, 1.807) is 24.3 Å². The third-order valence-electron chi connectivity index (χ3n) is 3.51. The Hall–Kier alpha value is -3.23. The summed E-state index contributed by atoms with van der Waals surface area (Å²) in [5.74, 6) is -1.34. The molecule has 3 aromatic rings. The van der Waals surface area contributed by atoms with Gasteiger partial charge in [-0.3, -0.25) is 9.36 Å². The van der Waals surface area contributed by atoms with E-state index in [2.05, 4.69) is 10.1 Å². The fraction of sp³-hybridized carbons (Fsp3) is 0.176. The molecule has 0 aliphatic heterocycles. The summed E-state index contributed by atoms with van der Waals surface area (Å²) in [5, 5.41) is 2.54. The Balaban J connectivity index is 1.60. The van der Waals surface area contributed by atoms with Crippen LogP contribution in [-0.2, 0) is 11.3 Å². The predicted molar refractivity (Wildman–Crippen MR) is 86.8 cm³/mol. The van der Waals surface area contributed by atoms with Crippen molar-refractivity contribution in [2.75, 3.05) is 5.32 Å². The molecule has 1 aromatic heterocycles. The number of halogens is 3. The number of benzene rings is 2. The molecule has 0 atom stereocenters. The minimum Gasteiger partial charge on any atom is -0.408 e. The zero-order valence-corrected chi connectivity index (χ0v) is 13.2. The van der Waals surface area contributed by atoms with Crippen LogP contribution in [0.3, 0.4) is 0 Å². The number of amides is 1. The highest BCUT2D eigenvalue weighted by Gasteiger charge is 2.30. The maximum Gasteiger partial charge on any atom is 0.573 e. The van der Waals surface area contributed by atoms with Gasteiger partial charge in [0.2, 0.25) is 5.91 Å². The van der Waals surface area contributed by atoms with E-state index in [-0.39, 0.29) is 18.7 Å². The van der Waals surface area contributed by atoms with Crippen LogP contribution in [0.2, 0.25) is 0 Å². The minimum atomic E-state index is -4.77. The number of ether oxygens (including phenoxy) is 1. The minimum absolute atomic E-state index is 0.00969. The van der Waals surface area contributed by atoms with Crippen LogP contribution in [0.1, 0.15) is 6.42 Å². The van der Waals surface area contributed by atoms with Gasteiger partial charge in [0.15, 0.2) is 5.58 Å². The van der Waals surface area contributed by atoms with E-state index in [1.807, 2.05) is 0 Å². The highest BCUT2D eigenvalue weighted by Crippen LogP contribution is 2.24. The lowest BCUT2D eigenvalue weighted by molar-refractivity contribution is -0.274. The van der Waals surface area contributed by atoms with Gasteiger partial charge in [0, 0.05) is 18.7 Å². The largest absolute Gasteiger partial charge is 0.573 e. The van der Waals surface area contributed by atoms with Crippen LogP contribution in [0.25, 0.3) is 11.1 Å². The van der Waals surface area contributed by atoms with Crippen LogP contribution in [0.15, 0.2) is 57.7 Å². The molecule has 0 bridgehead atoms. The molecule has 0 saturated heterocycles. The Labute approximate surface area is 144 Å². The SMILES string of the molecule is O=C(CCn1c(=O)oc2ccccc21)Nc1ccc(OC(F)(F)F)cc1. The molecule has 0 fully saturated rings. The molecule has 1 amide bonds. The van der Waals surface area contributed by atoms with E-state index < -0.39 is 18.0 Å². The fourth-order valence-corrected chi connectivity index (χ4v) is 2.40. The molecule has 0 aliphatic rings. The molecule has 26 heavy (non-hydrogen) atoms. The molecule has 0 unspecified atom stereocenters. The summed E-state index contributed by atoms with van der Waals surface area (Å²) in [5.41, 5.74) is 1.33. The number of fused-ring (bicyclic) bond motifs is 1. The number of hydrogen-bond acceptors (Lipinski definition) is 4. The number of anilines is 1. The van der Waals surface area contributed by atoms with Gasteiger partial charge in [0.25, 0.3) is 0 Å². The highest BCUT2D eigenvalue weighted by molar-refractivity contribution is 5.90. The molecule has 9 heteroatoms. The Morgan fingerprint density at radius 2 is 1.81 bits per heavy atom. The van der Waals surface area contributed by atoms with Crippen LogP contribution < -0.4 is 15.8 Å². The number of carbonyl (C=O) groups excluding carboxylic acids is 1. The summed E-state index contributed by atoms with van der Waals surface area (Å²) in [6, 6.07) is 11.6. The van der Waals surface area contributed by atoms with Crippen molar-refractivity contribution in [2.24, 2.45) is 0 Å². The van der Waals surface area contributed by atoms with Crippen molar-refractivity contribution < 1.29 is 27.1 Å². The number of alkyl halides is 3. The zero-order chi connectivity index (χ0) is 18.7. The quantitative estimate of drug-likeness (QED) is 0.750. The predicted octanol–water partition coefficient (Wildman–Crippen LogP) is 3.52. The lowest BCUT2D eigenvalue weighted by Crippen LogP contribution is -2.20. The first-order valence-corrected chi connectivity index (χ1v) is 7.56. The molecular weight excluding hydrogens is 353 g/mol. The van der Waals surface area contributed by atoms with Gasteiger partial charge in [-0.2, -0.15) is 0 Å². The second-order valence-corrected chi connectivity index (χ2v) is 5.36. The number of para-hydroxylation sites is 2. The number of aryl methyl sites for hydroxylation is 1. The van der Waals surface area contributed by atoms with Crippen molar-refractivity contribution in [1.29, 1.82) is 0 Å². The number of rotatable bonds is 5. The van der Waals surface area contributed by atoms with Crippen molar-refractivity contribution >= 4 is 22.7 Å². The maximum absolute atomic E-state index is 12.1. The van der Waals surface area contributed by atoms with Crippen molar-refractivity contribution in [3.05, 3.63) is 59.1 Å². The van der Waals surface area contributed by atoms with Crippen LogP contribution in [0.4, 0.5) is 18.9 Å². The van der Waals surface area contributed by atoms with E-state index >= 15 is 0 Å². The van der Waals surface area contributed by atoms with Gasteiger partial charge in [-0.25, -0.2) is 4.79 Å². The van der Waals surface area contributed by atoms with Crippen LogP contribution in [0, 0.1) is 0 Å². The molecule has 1 N–H and O–H groups in total. The van der Waals surface area contributed by atoms with E-state index in [4.69, 9.17) is 4.42 Å². The van der Waals surface area contributed by atoms with Gasteiger partial charge in [-0.05, 0) is 36.4 Å². The van der Waals surface area contributed by atoms with E-state index in [9.17, 15) is 22.8 Å². The molecule has 6 nitrogen and oxygen atoms in total. The number of hydrogen-bond donors (Lipinski definition) is 1. The summed E-state index contributed by atoms with van der Waals surface area (Å²) in [7, 11) is 0. The van der Waals surface area contributed by atoms with Crippen LogP contribution in [0.5, 0.6) is 5.75 Å². The third-order valence-corrected chi connectivity index (χ3v) is 3.51. The number of carbonyl (C=O) groups is 1. The lowest BCUT2D eigenvalue weighted by atomic mass is 10.3. The van der Waals surface area contributed by atoms with E-state index in [1.165, 1.54) is 16.7 Å². The Morgan fingerprint density at radius 3 is 2.50 bits per heavy atom. The molecule has 0 radical (unpaired) electrons. The Morgan fingerprint density at radius 1 is 1.12 bits per heavy atom. The molecule has 0 spiro atoms. The molecule has 0 saturated carbocycles. The van der Waals surface area contributed by atoms with Crippen LogP contribution >= 0.6 is 0 Å². The molecular formula is C17H13F3N2O4. The fourth-order valence-electron chi connectivity index (χ4n) is 2.40. The first kappa shape index (κ1) is 17.6. The number of aromatic nitrogens is 1. The van der Waals surface area contributed by atoms with E-state index in [0.29, 0.717) is 16.8 Å². The summed E-state index contributed by atoms with van der Waals surface area (Å²) >= 11 is 0. The van der Waals surface area contributed by atoms with Gasteiger partial charge in [-0.1, -0.05) is 12.1 Å². The van der Waals surface area contributed by atoms with Gasteiger partial charge in [-0.15, -0.1) is 13.2 Å². The summed E-state index contributed by atoms with van der Waals surface area (Å²) in [4.78, 5) is 23.8. The second kappa shape index (κ2) is 6.95. The second-order valence-electron chi connectivity index (χ2n) is 5.36. The Bertz CT molecular complexity index is 974. The first-order valence-electron chi connectivity index (χ1n) is 7.56. The molecule has 0 aliphatic carbocycles. The topological polar surface area (TPSA) is 73.5 Å². The smallest absolute Gasteiger partial charge is 0.408 e. The number of nitrogens with zero attached hydrogens (tertiary/aromatic N) is 1. The maximum atomic E-state index is 12.1. The lowest BCUT2D eigenvalue weighted by Gasteiger charge is -2.10. The Kier molecular flexibility index (Phi) is 4.70. The highest BCUT2D eigenvalue weighted by atomic mass is 19.4. The van der Waals surface area contributed by atoms with Gasteiger partial charge in [0.1, 0.15) is 5.75 Å². The van der Waals surface area contributed by atoms with Gasteiger partial charge < -0.3 is 14.5 Å². The van der Waals surface area contributed by atoms with Crippen molar-refractivity contribution in [3.63, 3.8) is 0 Å². The van der Waals surface area contributed by atoms with E-state index in [0.717, 1.165) is 12.1 Å². The normalized spacial score (nSPS) is 11.5. The average Bonchev–Trinajstić information content (AvgIpc) is 2.89. The van der Waals surface area contributed by atoms with Crippen molar-refractivity contribution in [2.45, 2.75) is 19.3 Å². The average molecular weight is 366 g/mol. The van der Waals surface area contributed by atoms with Crippen molar-refractivity contribution in [1.82, 2.24) is 4.57 Å². The van der Waals surface area contributed by atoms with Crippen LogP contribution in [-0.4, -0.2) is 16.8 Å². The molecule has 3 rings (SSSR count). The van der Waals surface area contributed by atoms with Gasteiger partial charge in [0.05, 0.1) is 5.52 Å². The van der Waals surface area contributed by atoms with Gasteiger partial charge >= 0.3 is 12.1 Å². The summed E-state index contributed by atoms with van der Waals surface area (Å²) in [6.45, 7) is 0.108. The number of nitrogens with one attached hydrogen (secondary N) is 1. The monoisotopic (exact) mass is 366 g/mol. The molecule has 136 valence electrons. The third kappa shape index (κ3) is 4.24. The summed E-state index contributed by atoms with van der Waals surface area (Å²) < 4.78 is 46.5. The molecule has 2 aromatic carbocycles.